The molecule has 1 aliphatic carbocycles. The number of hydrogen-bond donors (Lipinski definition) is 0. The first-order valence-electron chi connectivity index (χ1n) is 19.2. The summed E-state index contributed by atoms with van der Waals surface area (Å²) < 4.78 is 16.2. The Bertz CT molecular complexity index is 3380. The smallest absolute Gasteiger partial charge is 0.144 e. The van der Waals surface area contributed by atoms with Crippen molar-refractivity contribution < 1.29 is 8.83 Å². The van der Waals surface area contributed by atoms with Crippen LogP contribution in [0.1, 0.15) is 17.7 Å². The van der Waals surface area contributed by atoms with Crippen molar-refractivity contribution in [3.05, 3.63) is 181 Å². The van der Waals surface area contributed by atoms with Crippen LogP contribution < -0.4 is 4.90 Å². The van der Waals surface area contributed by atoms with Gasteiger partial charge in [0, 0.05) is 60.6 Å². The van der Waals surface area contributed by atoms with Gasteiger partial charge in [0.2, 0.25) is 0 Å². The molecule has 12 rings (SSSR count). The molecule has 264 valence electrons. The van der Waals surface area contributed by atoms with E-state index in [0.717, 1.165) is 79.7 Å². The Morgan fingerprint density at radius 2 is 1.32 bits per heavy atom. The van der Waals surface area contributed by atoms with Gasteiger partial charge in [-0.1, -0.05) is 121 Å². The van der Waals surface area contributed by atoms with Crippen molar-refractivity contribution in [2.75, 3.05) is 4.90 Å². The third kappa shape index (κ3) is 4.83. The lowest BCUT2D eigenvalue weighted by Crippen LogP contribution is -2.10. The molecule has 0 aliphatic heterocycles. The first-order valence-corrected chi connectivity index (χ1v) is 20.0. The van der Waals surface area contributed by atoms with Gasteiger partial charge in [0.1, 0.15) is 22.5 Å². The Morgan fingerprint density at radius 1 is 0.518 bits per heavy atom. The minimum absolute atomic E-state index is 0.848. The average Bonchev–Trinajstić information content (AvgIpc) is 3.95. The normalized spacial score (nSPS) is 12.8. The number of benzene rings is 8. The number of aryl methyl sites for hydroxylation is 1. The van der Waals surface area contributed by atoms with Crippen molar-refractivity contribution in [2.45, 2.75) is 12.8 Å². The number of rotatable bonds is 5. The fraction of sp³-hybridized carbons (Fsp3) is 0.0385. The maximum atomic E-state index is 6.97. The van der Waals surface area contributed by atoms with Gasteiger partial charge in [-0.05, 0) is 88.5 Å². The fourth-order valence-electron chi connectivity index (χ4n) is 8.88. The Morgan fingerprint density at radius 3 is 2.27 bits per heavy atom. The summed E-state index contributed by atoms with van der Waals surface area (Å²) in [6.07, 6.45) is 6.37. The monoisotopic (exact) mass is 735 g/mol. The molecule has 0 unspecified atom stereocenters. The van der Waals surface area contributed by atoms with E-state index in [-0.39, 0.29) is 0 Å². The molecule has 0 spiro atoms. The summed E-state index contributed by atoms with van der Waals surface area (Å²) in [6.45, 7) is 0. The topological polar surface area (TPSA) is 29.5 Å². The van der Waals surface area contributed by atoms with Crippen LogP contribution in [0, 0.1) is 0 Å². The Kier molecular flexibility index (Phi) is 6.92. The van der Waals surface area contributed by atoms with Crippen molar-refractivity contribution in [1.82, 2.24) is 0 Å². The SMILES string of the molecule is C1=Cc2c(oc3cc4c(oc5ccc(N(c6cccc(-c7ccccc7)c6)c6cccc7c6sc6ccccc67)cc54)c(-c4ccc5ccccc5c4)c23)CC1. The first kappa shape index (κ1) is 31.5. The van der Waals surface area contributed by atoms with Gasteiger partial charge < -0.3 is 13.7 Å². The highest BCUT2D eigenvalue weighted by molar-refractivity contribution is 7.26. The van der Waals surface area contributed by atoms with Crippen LogP contribution in [-0.2, 0) is 6.42 Å². The molecule has 0 saturated heterocycles. The number of hydrogen-bond acceptors (Lipinski definition) is 4. The maximum Gasteiger partial charge on any atom is 0.144 e. The van der Waals surface area contributed by atoms with Gasteiger partial charge in [-0.15, -0.1) is 11.3 Å². The van der Waals surface area contributed by atoms with E-state index in [2.05, 4.69) is 181 Å². The van der Waals surface area contributed by atoms with E-state index in [9.17, 15) is 0 Å². The third-order valence-electron chi connectivity index (χ3n) is 11.5. The summed E-state index contributed by atoms with van der Waals surface area (Å²) in [4.78, 5) is 2.42. The van der Waals surface area contributed by atoms with Gasteiger partial charge in [0.05, 0.1) is 10.4 Å². The Hall–Kier alpha value is -6.88. The number of allylic oxidation sites excluding steroid dienone is 1. The van der Waals surface area contributed by atoms with E-state index in [0.29, 0.717) is 0 Å². The van der Waals surface area contributed by atoms with Crippen LogP contribution in [0.25, 0.3) is 92.2 Å². The van der Waals surface area contributed by atoms with Crippen molar-refractivity contribution in [2.24, 2.45) is 0 Å². The second-order valence-electron chi connectivity index (χ2n) is 14.7. The predicted molar refractivity (Wildman–Crippen MR) is 237 cm³/mol. The van der Waals surface area contributed by atoms with Crippen molar-refractivity contribution in [1.29, 1.82) is 0 Å². The standard InChI is InChI=1S/C52H33NO2S/c1-2-12-32(13-3-1)35-16-10-17-37(29-35)53(44-21-11-20-40-39-18-7-9-23-48(39)56-52(40)44)38-26-27-46-42(30-38)43-31-47-50(41-19-6-8-22-45(41)54-47)49(51(43)55-46)36-25-24-33-14-4-5-15-34(33)28-36/h1-7,9-21,23-31H,8,22H2. The second kappa shape index (κ2) is 12.3. The predicted octanol–water partition coefficient (Wildman–Crippen LogP) is 15.6. The minimum Gasteiger partial charge on any atom is -0.460 e. The molecule has 56 heavy (non-hydrogen) atoms. The zero-order chi connectivity index (χ0) is 36.7. The first-order chi connectivity index (χ1) is 27.7. The highest BCUT2D eigenvalue weighted by Crippen LogP contribution is 2.49. The quantitative estimate of drug-likeness (QED) is 0.176. The Labute approximate surface area is 327 Å². The third-order valence-corrected chi connectivity index (χ3v) is 12.7. The molecule has 3 heterocycles. The maximum absolute atomic E-state index is 6.97. The van der Waals surface area contributed by atoms with Crippen LogP contribution in [0.4, 0.5) is 17.1 Å². The lowest BCUT2D eigenvalue weighted by molar-refractivity contribution is 0.546. The van der Waals surface area contributed by atoms with Gasteiger partial charge in [0.25, 0.3) is 0 Å². The molecule has 3 aromatic heterocycles. The lowest BCUT2D eigenvalue weighted by atomic mass is 9.92. The van der Waals surface area contributed by atoms with Gasteiger partial charge >= 0.3 is 0 Å². The van der Waals surface area contributed by atoms with Crippen LogP contribution in [0.2, 0.25) is 0 Å². The zero-order valence-corrected chi connectivity index (χ0v) is 31.1. The Balaban J connectivity index is 1.13. The van der Waals surface area contributed by atoms with E-state index in [1.165, 1.54) is 47.6 Å². The molecule has 0 saturated carbocycles. The molecule has 3 nitrogen and oxygen atoms in total. The van der Waals surface area contributed by atoms with Crippen molar-refractivity contribution in [3.63, 3.8) is 0 Å². The molecule has 1 aliphatic rings. The summed E-state index contributed by atoms with van der Waals surface area (Å²) in [5.41, 5.74) is 11.6. The van der Waals surface area contributed by atoms with Crippen LogP contribution in [0.5, 0.6) is 0 Å². The highest BCUT2D eigenvalue weighted by Gasteiger charge is 2.25. The molecule has 4 heteroatoms. The fourth-order valence-corrected chi connectivity index (χ4v) is 10.1. The highest BCUT2D eigenvalue weighted by atomic mass is 32.1. The number of anilines is 3. The molecule has 0 fully saturated rings. The average molecular weight is 736 g/mol. The molecular formula is C52H33NO2S. The summed E-state index contributed by atoms with van der Waals surface area (Å²) in [5.74, 6) is 1.04. The van der Waals surface area contributed by atoms with Crippen LogP contribution in [-0.4, -0.2) is 0 Å². The van der Waals surface area contributed by atoms with Gasteiger partial charge in [-0.3, -0.25) is 0 Å². The molecule has 0 atom stereocenters. The second-order valence-corrected chi connectivity index (χ2v) is 15.8. The van der Waals surface area contributed by atoms with E-state index in [1.54, 1.807) is 0 Å². The van der Waals surface area contributed by atoms with Crippen molar-refractivity contribution in [3.8, 4) is 22.3 Å². The van der Waals surface area contributed by atoms with E-state index < -0.39 is 0 Å². The van der Waals surface area contributed by atoms with Crippen molar-refractivity contribution >= 4 is 98.3 Å². The minimum atomic E-state index is 0.848. The molecule has 11 aromatic rings. The number of thiophene rings is 1. The van der Waals surface area contributed by atoms with Gasteiger partial charge in [-0.2, -0.15) is 0 Å². The van der Waals surface area contributed by atoms with Crippen LogP contribution in [0.3, 0.4) is 0 Å². The van der Waals surface area contributed by atoms with E-state index >= 15 is 0 Å². The molecule has 8 aromatic carbocycles. The van der Waals surface area contributed by atoms with Crippen LogP contribution >= 0.6 is 11.3 Å². The van der Waals surface area contributed by atoms with Gasteiger partial charge in [0.15, 0.2) is 0 Å². The molecule has 0 amide bonds. The molecular weight excluding hydrogens is 703 g/mol. The molecule has 0 N–H and O–H groups in total. The molecule has 0 radical (unpaired) electrons. The summed E-state index contributed by atoms with van der Waals surface area (Å²) in [5, 5.41) is 8.18. The summed E-state index contributed by atoms with van der Waals surface area (Å²) in [6, 6.07) is 59.1. The summed E-state index contributed by atoms with van der Waals surface area (Å²) >= 11 is 1.85. The van der Waals surface area contributed by atoms with Crippen LogP contribution in [0.15, 0.2) is 179 Å². The number of fused-ring (bicyclic) bond motifs is 10. The van der Waals surface area contributed by atoms with Gasteiger partial charge in [-0.25, -0.2) is 0 Å². The number of furan rings is 2. The largest absolute Gasteiger partial charge is 0.460 e. The number of nitrogens with zero attached hydrogens (tertiary/aromatic N) is 1. The van der Waals surface area contributed by atoms with E-state index in [4.69, 9.17) is 8.83 Å². The zero-order valence-electron chi connectivity index (χ0n) is 30.3. The molecule has 0 bridgehead atoms. The summed E-state index contributed by atoms with van der Waals surface area (Å²) in [7, 11) is 0. The lowest BCUT2D eigenvalue weighted by Gasteiger charge is -2.26. The van der Waals surface area contributed by atoms with E-state index in [1.807, 2.05) is 11.3 Å².